The van der Waals surface area contributed by atoms with Crippen LogP contribution < -0.4 is 10.6 Å². The summed E-state index contributed by atoms with van der Waals surface area (Å²) in [4.78, 5) is 25.8. The Kier molecular flexibility index (Phi) is 6.60. The average molecular weight is 517 g/mol. The average Bonchev–Trinajstić information content (AvgIpc) is 3.35. The molecular formula is C29H28N2O5S. The molecule has 0 bridgehead atoms. The summed E-state index contributed by atoms with van der Waals surface area (Å²) >= 11 is 0. The maximum Gasteiger partial charge on any atom is 0.252 e. The van der Waals surface area contributed by atoms with E-state index in [1.54, 1.807) is 37.5 Å². The molecule has 8 heteroatoms. The quantitative estimate of drug-likeness (QED) is 0.334. The van der Waals surface area contributed by atoms with Gasteiger partial charge in [0.2, 0.25) is 5.91 Å². The Bertz CT molecular complexity index is 1550. The lowest BCUT2D eigenvalue weighted by Crippen LogP contribution is -2.50. The van der Waals surface area contributed by atoms with Crippen molar-refractivity contribution in [1.29, 1.82) is 0 Å². The molecule has 2 N–H and O–H groups in total. The first-order valence-electron chi connectivity index (χ1n) is 12.3. The molecule has 1 heterocycles. The van der Waals surface area contributed by atoms with Gasteiger partial charge >= 0.3 is 0 Å². The van der Waals surface area contributed by atoms with Crippen LogP contribution in [0.1, 0.15) is 47.7 Å². The van der Waals surface area contributed by atoms with Gasteiger partial charge in [-0.15, -0.1) is 0 Å². The van der Waals surface area contributed by atoms with Gasteiger partial charge in [0.25, 0.3) is 5.91 Å². The lowest BCUT2D eigenvalue weighted by Gasteiger charge is -2.43. The number of hydrogen-bond donors (Lipinski definition) is 2. The zero-order valence-electron chi connectivity index (χ0n) is 20.5. The van der Waals surface area contributed by atoms with Crippen molar-refractivity contribution in [3.05, 3.63) is 95.7 Å². The number of carbonyl (C=O) groups excluding carboxylic acids is 2. The van der Waals surface area contributed by atoms with Crippen molar-refractivity contribution < 1.29 is 22.4 Å². The molecule has 1 aromatic heterocycles. The number of rotatable bonds is 8. The first kappa shape index (κ1) is 24.8. The van der Waals surface area contributed by atoms with E-state index in [9.17, 15) is 18.0 Å². The topological polar surface area (TPSA) is 105 Å². The van der Waals surface area contributed by atoms with Gasteiger partial charge in [0.05, 0.1) is 28.9 Å². The van der Waals surface area contributed by atoms with Gasteiger partial charge in [0.1, 0.15) is 5.58 Å². The minimum Gasteiger partial charge on any atom is -0.464 e. The molecule has 0 aliphatic heterocycles. The minimum absolute atomic E-state index is 0.0362. The van der Waals surface area contributed by atoms with Crippen LogP contribution in [-0.2, 0) is 26.6 Å². The maximum absolute atomic E-state index is 13.0. The molecule has 4 aromatic rings. The fourth-order valence-corrected chi connectivity index (χ4v) is 5.53. The Morgan fingerprint density at radius 3 is 2.32 bits per heavy atom. The molecule has 1 fully saturated rings. The van der Waals surface area contributed by atoms with E-state index in [1.165, 1.54) is 12.1 Å². The van der Waals surface area contributed by atoms with Crippen molar-refractivity contribution in [2.24, 2.45) is 0 Å². The summed E-state index contributed by atoms with van der Waals surface area (Å²) in [5.74, 6) is -0.305. The third-order valence-electron chi connectivity index (χ3n) is 7.03. The number of amides is 2. The molecule has 1 aliphatic carbocycles. The van der Waals surface area contributed by atoms with E-state index in [-0.39, 0.29) is 28.9 Å². The second-order valence-corrected chi connectivity index (χ2v) is 11.7. The summed E-state index contributed by atoms with van der Waals surface area (Å²) in [5.41, 5.74) is 3.18. The SMILES string of the molecule is CCS(=O)(=O)c1ccc(CC(=O)Nc2ccc(C3(NC(=O)c4ccc5ccoc5c4)CCC3)cc2)cc1. The Hall–Kier alpha value is -3.91. The molecular weight excluding hydrogens is 488 g/mol. The molecule has 190 valence electrons. The van der Waals surface area contributed by atoms with Crippen LogP contribution in [0, 0.1) is 0 Å². The van der Waals surface area contributed by atoms with Crippen LogP contribution in [0.15, 0.2) is 88.4 Å². The summed E-state index contributed by atoms with van der Waals surface area (Å²) in [6, 6.07) is 21.3. The van der Waals surface area contributed by atoms with E-state index in [0.717, 1.165) is 35.8 Å². The number of furan rings is 1. The summed E-state index contributed by atoms with van der Waals surface area (Å²) in [6.45, 7) is 1.60. The van der Waals surface area contributed by atoms with E-state index in [0.29, 0.717) is 16.8 Å². The number of benzene rings is 3. The third kappa shape index (κ3) is 5.15. The van der Waals surface area contributed by atoms with Crippen molar-refractivity contribution in [3.63, 3.8) is 0 Å². The molecule has 0 spiro atoms. The van der Waals surface area contributed by atoms with E-state index in [2.05, 4.69) is 10.6 Å². The van der Waals surface area contributed by atoms with Crippen LogP contribution in [0.5, 0.6) is 0 Å². The van der Waals surface area contributed by atoms with E-state index >= 15 is 0 Å². The number of carbonyl (C=O) groups is 2. The predicted octanol–water partition coefficient (Wildman–Crippen LogP) is 5.22. The van der Waals surface area contributed by atoms with Gasteiger partial charge in [-0.05, 0) is 72.9 Å². The van der Waals surface area contributed by atoms with Gasteiger partial charge in [-0.3, -0.25) is 9.59 Å². The summed E-state index contributed by atoms with van der Waals surface area (Å²) in [5, 5.41) is 7.06. The van der Waals surface area contributed by atoms with Gasteiger partial charge in [-0.1, -0.05) is 37.3 Å². The molecule has 1 saturated carbocycles. The van der Waals surface area contributed by atoms with Crippen LogP contribution in [0.2, 0.25) is 0 Å². The Balaban J connectivity index is 1.22. The monoisotopic (exact) mass is 516 g/mol. The predicted molar refractivity (Wildman–Crippen MR) is 142 cm³/mol. The molecule has 3 aromatic carbocycles. The summed E-state index contributed by atoms with van der Waals surface area (Å²) < 4.78 is 29.4. The van der Waals surface area contributed by atoms with Crippen LogP contribution >= 0.6 is 0 Å². The standard InChI is InChI=1S/C29H28N2O5S/c1-2-37(34,35)25-12-4-20(5-13-25)18-27(32)30-24-10-8-23(9-11-24)29(15-3-16-29)31-28(33)22-7-6-21-14-17-36-26(21)19-22/h4-14,17,19H,2-3,15-16,18H2,1H3,(H,30,32)(H,31,33). The van der Waals surface area contributed by atoms with Crippen LogP contribution in [-0.4, -0.2) is 26.0 Å². The number of anilines is 1. The number of nitrogens with one attached hydrogen (secondary N) is 2. The first-order chi connectivity index (χ1) is 17.8. The second kappa shape index (κ2) is 9.86. The molecule has 5 rings (SSSR count). The number of fused-ring (bicyclic) bond motifs is 1. The lowest BCUT2D eigenvalue weighted by atomic mass is 9.71. The van der Waals surface area contributed by atoms with Gasteiger partial charge in [0.15, 0.2) is 9.84 Å². The highest BCUT2D eigenvalue weighted by molar-refractivity contribution is 7.91. The normalized spacial score (nSPS) is 14.6. The van der Waals surface area contributed by atoms with Crippen LogP contribution in [0.4, 0.5) is 5.69 Å². The zero-order valence-corrected chi connectivity index (χ0v) is 21.3. The van der Waals surface area contributed by atoms with Crippen molar-refractivity contribution in [2.45, 2.75) is 43.0 Å². The molecule has 37 heavy (non-hydrogen) atoms. The first-order valence-corrected chi connectivity index (χ1v) is 14.0. The van der Waals surface area contributed by atoms with Gasteiger partial charge in [-0.2, -0.15) is 0 Å². The molecule has 0 radical (unpaired) electrons. The van der Waals surface area contributed by atoms with Crippen molar-refractivity contribution in [3.8, 4) is 0 Å². The summed E-state index contributed by atoms with van der Waals surface area (Å²) in [6.07, 6.45) is 4.45. The molecule has 0 saturated heterocycles. The highest BCUT2D eigenvalue weighted by atomic mass is 32.2. The van der Waals surface area contributed by atoms with Gasteiger partial charge < -0.3 is 15.1 Å². The van der Waals surface area contributed by atoms with E-state index < -0.39 is 15.4 Å². The lowest BCUT2D eigenvalue weighted by molar-refractivity contribution is -0.115. The van der Waals surface area contributed by atoms with Crippen molar-refractivity contribution in [2.75, 3.05) is 11.1 Å². The van der Waals surface area contributed by atoms with Crippen LogP contribution in [0.3, 0.4) is 0 Å². The van der Waals surface area contributed by atoms with Crippen LogP contribution in [0.25, 0.3) is 11.0 Å². The molecule has 0 unspecified atom stereocenters. The highest BCUT2D eigenvalue weighted by Crippen LogP contribution is 2.42. The Labute approximate surface area is 215 Å². The fourth-order valence-electron chi connectivity index (χ4n) is 4.65. The smallest absolute Gasteiger partial charge is 0.252 e. The maximum atomic E-state index is 13.0. The highest BCUT2D eigenvalue weighted by Gasteiger charge is 2.40. The largest absolute Gasteiger partial charge is 0.464 e. The molecule has 1 aliphatic rings. The van der Waals surface area contributed by atoms with Crippen molar-refractivity contribution >= 4 is 38.3 Å². The number of hydrogen-bond acceptors (Lipinski definition) is 5. The Morgan fingerprint density at radius 2 is 1.68 bits per heavy atom. The van der Waals surface area contributed by atoms with E-state index in [4.69, 9.17) is 4.42 Å². The van der Waals surface area contributed by atoms with E-state index in [1.807, 2.05) is 36.4 Å². The minimum atomic E-state index is -3.27. The van der Waals surface area contributed by atoms with Crippen molar-refractivity contribution in [1.82, 2.24) is 5.32 Å². The fraction of sp³-hybridized carbons (Fsp3) is 0.241. The second-order valence-electron chi connectivity index (χ2n) is 9.41. The zero-order chi connectivity index (χ0) is 26.0. The summed E-state index contributed by atoms with van der Waals surface area (Å²) in [7, 11) is -3.27. The molecule has 7 nitrogen and oxygen atoms in total. The third-order valence-corrected chi connectivity index (χ3v) is 8.78. The Morgan fingerprint density at radius 1 is 0.946 bits per heavy atom. The van der Waals surface area contributed by atoms with Gasteiger partial charge in [-0.25, -0.2) is 8.42 Å². The molecule has 0 atom stereocenters. The number of sulfone groups is 1. The van der Waals surface area contributed by atoms with Gasteiger partial charge in [0, 0.05) is 16.6 Å². The molecule has 2 amide bonds.